The summed E-state index contributed by atoms with van der Waals surface area (Å²) in [6.45, 7) is 4.22. The number of likely N-dealkylation sites (tertiary alicyclic amines) is 2. The van der Waals surface area contributed by atoms with Crippen LogP contribution in [0.15, 0.2) is 28.7 Å². The average Bonchev–Trinajstić information content (AvgIpc) is 3.28. The van der Waals surface area contributed by atoms with Crippen LogP contribution >= 0.6 is 15.9 Å². The van der Waals surface area contributed by atoms with Gasteiger partial charge in [-0.2, -0.15) is 0 Å². The zero-order chi connectivity index (χ0) is 19.5. The Morgan fingerprint density at radius 1 is 0.857 bits per heavy atom. The van der Waals surface area contributed by atoms with Gasteiger partial charge in [0.05, 0.1) is 13.2 Å². The third kappa shape index (κ3) is 4.42. The van der Waals surface area contributed by atoms with Crippen LogP contribution < -0.4 is 0 Å². The molecule has 0 unspecified atom stereocenters. The molecule has 3 aliphatic rings. The molecule has 1 aromatic carbocycles. The molecule has 0 atom stereocenters. The second kappa shape index (κ2) is 8.93. The minimum atomic E-state index is -0.0786. The summed E-state index contributed by atoms with van der Waals surface area (Å²) in [4.78, 5) is 29.4. The Morgan fingerprint density at radius 2 is 1.43 bits per heavy atom. The Balaban J connectivity index is 1.25. The molecule has 152 valence electrons. The summed E-state index contributed by atoms with van der Waals surface area (Å²) in [5, 5.41) is 0. The van der Waals surface area contributed by atoms with Gasteiger partial charge >= 0.3 is 0 Å². The Hall–Kier alpha value is -1.44. The molecular formula is C21H27BrN2O4. The fraction of sp³-hybridized carbons (Fsp3) is 0.619. The molecule has 0 spiro atoms. The Morgan fingerprint density at radius 3 is 2.04 bits per heavy atom. The van der Waals surface area contributed by atoms with E-state index in [4.69, 9.17) is 9.47 Å². The van der Waals surface area contributed by atoms with E-state index in [2.05, 4.69) is 15.9 Å². The second-order valence-electron chi connectivity index (χ2n) is 7.85. The number of piperidine rings is 2. The molecular weight excluding hydrogens is 424 g/mol. The molecule has 0 bridgehead atoms. The highest BCUT2D eigenvalue weighted by Gasteiger charge is 2.35. The first kappa shape index (κ1) is 19.9. The molecule has 2 amide bonds. The van der Waals surface area contributed by atoms with E-state index in [-0.39, 0.29) is 24.0 Å². The van der Waals surface area contributed by atoms with Crippen LogP contribution in [0.1, 0.15) is 36.0 Å². The molecule has 4 rings (SSSR count). The largest absolute Gasteiger partial charge is 0.350 e. The predicted molar refractivity (Wildman–Crippen MR) is 108 cm³/mol. The molecule has 6 nitrogen and oxygen atoms in total. The van der Waals surface area contributed by atoms with E-state index in [0.717, 1.165) is 43.2 Å². The molecule has 1 aromatic rings. The molecule has 0 N–H and O–H groups in total. The first-order chi connectivity index (χ1) is 13.6. The minimum Gasteiger partial charge on any atom is -0.350 e. The summed E-state index contributed by atoms with van der Waals surface area (Å²) in [5.41, 5.74) is 0.700. The lowest BCUT2D eigenvalue weighted by Crippen LogP contribution is -2.47. The van der Waals surface area contributed by atoms with Crippen LogP contribution in [-0.2, 0) is 14.3 Å². The number of nitrogens with zero attached hydrogens (tertiary/aromatic N) is 2. The van der Waals surface area contributed by atoms with E-state index in [1.165, 1.54) is 0 Å². The summed E-state index contributed by atoms with van der Waals surface area (Å²) in [7, 11) is 0. The topological polar surface area (TPSA) is 59.1 Å². The van der Waals surface area contributed by atoms with Gasteiger partial charge in [0, 0.05) is 48.1 Å². The van der Waals surface area contributed by atoms with Crippen LogP contribution in [0.3, 0.4) is 0 Å². The molecule has 0 radical (unpaired) electrons. The molecule has 0 aromatic heterocycles. The van der Waals surface area contributed by atoms with Crippen LogP contribution in [-0.4, -0.2) is 67.3 Å². The van der Waals surface area contributed by atoms with Crippen molar-refractivity contribution in [1.82, 2.24) is 9.80 Å². The van der Waals surface area contributed by atoms with Gasteiger partial charge in [-0.05, 0) is 49.9 Å². The Labute approximate surface area is 174 Å². The number of carbonyl (C=O) groups excluding carboxylic acids is 2. The number of hydrogen-bond acceptors (Lipinski definition) is 4. The van der Waals surface area contributed by atoms with E-state index in [1.54, 1.807) is 0 Å². The van der Waals surface area contributed by atoms with E-state index >= 15 is 0 Å². The number of amides is 2. The van der Waals surface area contributed by atoms with Crippen molar-refractivity contribution in [2.45, 2.75) is 32.0 Å². The van der Waals surface area contributed by atoms with Crippen LogP contribution in [0.25, 0.3) is 0 Å². The third-order valence-corrected chi connectivity index (χ3v) is 6.64. The number of carbonyl (C=O) groups is 2. The number of benzene rings is 1. The third-order valence-electron chi connectivity index (χ3n) is 6.11. The highest BCUT2D eigenvalue weighted by molar-refractivity contribution is 9.10. The van der Waals surface area contributed by atoms with Crippen molar-refractivity contribution >= 4 is 27.7 Å². The van der Waals surface area contributed by atoms with Crippen molar-refractivity contribution in [1.29, 1.82) is 0 Å². The van der Waals surface area contributed by atoms with Crippen LogP contribution in [0.5, 0.6) is 0 Å². The predicted octanol–water partition coefficient (Wildman–Crippen LogP) is 2.91. The van der Waals surface area contributed by atoms with Crippen LogP contribution in [0.4, 0.5) is 0 Å². The van der Waals surface area contributed by atoms with Crippen molar-refractivity contribution in [2.75, 3.05) is 39.4 Å². The van der Waals surface area contributed by atoms with E-state index in [1.807, 2.05) is 34.1 Å². The lowest BCUT2D eigenvalue weighted by atomic mass is 9.91. The van der Waals surface area contributed by atoms with E-state index in [9.17, 15) is 9.59 Å². The van der Waals surface area contributed by atoms with Crippen molar-refractivity contribution in [3.05, 3.63) is 34.3 Å². The van der Waals surface area contributed by atoms with Crippen molar-refractivity contribution < 1.29 is 19.1 Å². The molecule has 3 heterocycles. The molecule has 3 fully saturated rings. The van der Waals surface area contributed by atoms with E-state index in [0.29, 0.717) is 37.8 Å². The zero-order valence-electron chi connectivity index (χ0n) is 16.0. The number of halogens is 1. The SMILES string of the molecule is O=C(c1ccc(Br)cc1)N1CCC(C(=O)N2CCC(C3OCCO3)CC2)CC1. The normalized spacial score (nSPS) is 22.6. The average molecular weight is 451 g/mol. The van der Waals surface area contributed by atoms with Gasteiger partial charge in [0.1, 0.15) is 0 Å². The zero-order valence-corrected chi connectivity index (χ0v) is 17.6. The Kier molecular flexibility index (Phi) is 6.33. The lowest BCUT2D eigenvalue weighted by molar-refractivity contribution is -0.142. The van der Waals surface area contributed by atoms with Gasteiger partial charge < -0.3 is 19.3 Å². The molecule has 7 heteroatoms. The number of hydrogen-bond donors (Lipinski definition) is 0. The van der Waals surface area contributed by atoms with Gasteiger partial charge in [0.2, 0.25) is 5.91 Å². The minimum absolute atomic E-state index is 0.0319. The second-order valence-corrected chi connectivity index (χ2v) is 8.76. The van der Waals surface area contributed by atoms with Gasteiger partial charge in [0.15, 0.2) is 6.29 Å². The van der Waals surface area contributed by atoms with Crippen molar-refractivity contribution in [2.24, 2.45) is 11.8 Å². The summed E-state index contributed by atoms with van der Waals surface area (Å²) < 4.78 is 12.2. The summed E-state index contributed by atoms with van der Waals surface area (Å²) in [5.74, 6) is 0.736. The highest BCUT2D eigenvalue weighted by Crippen LogP contribution is 2.28. The summed E-state index contributed by atoms with van der Waals surface area (Å²) in [6.07, 6.45) is 3.30. The molecule has 3 aliphatic heterocycles. The fourth-order valence-electron chi connectivity index (χ4n) is 4.40. The van der Waals surface area contributed by atoms with Gasteiger partial charge in [0.25, 0.3) is 5.91 Å². The first-order valence-corrected chi connectivity index (χ1v) is 11.0. The quantitative estimate of drug-likeness (QED) is 0.710. The van der Waals surface area contributed by atoms with Crippen LogP contribution in [0, 0.1) is 11.8 Å². The maximum atomic E-state index is 12.9. The van der Waals surface area contributed by atoms with Crippen LogP contribution in [0.2, 0.25) is 0 Å². The highest BCUT2D eigenvalue weighted by atomic mass is 79.9. The molecule has 28 heavy (non-hydrogen) atoms. The molecule has 0 saturated carbocycles. The number of rotatable bonds is 3. The summed E-state index contributed by atoms with van der Waals surface area (Å²) in [6, 6.07) is 7.45. The maximum Gasteiger partial charge on any atom is 0.253 e. The lowest BCUT2D eigenvalue weighted by Gasteiger charge is -2.38. The van der Waals surface area contributed by atoms with Crippen molar-refractivity contribution in [3.63, 3.8) is 0 Å². The van der Waals surface area contributed by atoms with Gasteiger partial charge in [-0.25, -0.2) is 0 Å². The van der Waals surface area contributed by atoms with E-state index < -0.39 is 0 Å². The number of ether oxygens (including phenoxy) is 2. The van der Waals surface area contributed by atoms with Gasteiger partial charge in [-0.3, -0.25) is 9.59 Å². The Bertz CT molecular complexity index is 689. The summed E-state index contributed by atoms with van der Waals surface area (Å²) >= 11 is 3.39. The fourth-order valence-corrected chi connectivity index (χ4v) is 4.67. The smallest absolute Gasteiger partial charge is 0.253 e. The standard InChI is InChI=1S/C21H27BrN2O4/c22-18-3-1-15(2-4-18)19(25)23-9-5-16(6-10-23)20(26)24-11-7-17(8-12-24)21-27-13-14-28-21/h1-4,16-17,21H,5-14H2. The molecule has 0 aliphatic carbocycles. The van der Waals surface area contributed by atoms with Gasteiger partial charge in [-0.15, -0.1) is 0 Å². The first-order valence-electron chi connectivity index (χ1n) is 10.2. The van der Waals surface area contributed by atoms with Gasteiger partial charge in [-0.1, -0.05) is 15.9 Å². The maximum absolute atomic E-state index is 12.9. The monoisotopic (exact) mass is 450 g/mol. The molecule has 3 saturated heterocycles. The van der Waals surface area contributed by atoms with Crippen molar-refractivity contribution in [3.8, 4) is 0 Å².